The summed E-state index contributed by atoms with van der Waals surface area (Å²) in [5.74, 6) is 0.920. The molecule has 102 valence electrons. The lowest BCUT2D eigenvalue weighted by molar-refractivity contribution is 0.308. The first-order valence-electron chi connectivity index (χ1n) is 7.05. The van der Waals surface area contributed by atoms with E-state index in [1.807, 2.05) is 6.07 Å². The Morgan fingerprint density at radius 3 is 2.32 bits per heavy atom. The molecule has 0 radical (unpaired) electrons. The first kappa shape index (κ1) is 13.9. The minimum atomic E-state index is 0.920. The Morgan fingerprint density at radius 2 is 1.63 bits per heavy atom. The minimum Gasteiger partial charge on any atom is -0.497 e. The molecule has 0 heterocycles. The summed E-state index contributed by atoms with van der Waals surface area (Å²) in [4.78, 5) is 2.46. The highest BCUT2D eigenvalue weighted by molar-refractivity contribution is 5.84. The van der Waals surface area contributed by atoms with Crippen LogP contribution in [0.25, 0.3) is 10.8 Å². The molecule has 2 aromatic carbocycles. The first-order valence-corrected chi connectivity index (χ1v) is 7.05. The molecule has 2 nitrogen and oxygen atoms in total. The van der Waals surface area contributed by atoms with Crippen molar-refractivity contribution in [3.63, 3.8) is 0 Å². The van der Waals surface area contributed by atoms with Crippen LogP contribution in [0.3, 0.4) is 0 Å². The maximum absolute atomic E-state index is 5.25. The summed E-state index contributed by atoms with van der Waals surface area (Å²) in [6, 6.07) is 13.0. The van der Waals surface area contributed by atoms with E-state index in [0.717, 1.165) is 31.8 Å². The van der Waals surface area contributed by atoms with Crippen molar-refractivity contribution in [1.82, 2.24) is 4.90 Å². The van der Waals surface area contributed by atoms with E-state index in [2.05, 4.69) is 49.1 Å². The maximum Gasteiger partial charge on any atom is 0.119 e. The fourth-order valence-electron chi connectivity index (χ4n) is 2.38. The van der Waals surface area contributed by atoms with Crippen molar-refractivity contribution < 1.29 is 4.74 Å². The molecule has 0 amide bonds. The summed E-state index contributed by atoms with van der Waals surface area (Å²) in [6.07, 6.45) is 1.11. The molecule has 2 rings (SSSR count). The smallest absolute Gasteiger partial charge is 0.119 e. The van der Waals surface area contributed by atoms with Crippen LogP contribution in [0.4, 0.5) is 0 Å². The Morgan fingerprint density at radius 1 is 0.947 bits per heavy atom. The molecule has 0 unspecified atom stereocenters. The van der Waals surface area contributed by atoms with Crippen molar-refractivity contribution in [3.8, 4) is 5.75 Å². The van der Waals surface area contributed by atoms with Gasteiger partial charge in [0.15, 0.2) is 0 Å². The van der Waals surface area contributed by atoms with Gasteiger partial charge in [0, 0.05) is 6.54 Å². The van der Waals surface area contributed by atoms with Crippen LogP contribution < -0.4 is 4.74 Å². The van der Waals surface area contributed by atoms with Crippen LogP contribution in [0.1, 0.15) is 19.4 Å². The van der Waals surface area contributed by atoms with Crippen molar-refractivity contribution in [3.05, 3.63) is 42.0 Å². The van der Waals surface area contributed by atoms with Crippen molar-refractivity contribution in [2.24, 2.45) is 0 Å². The minimum absolute atomic E-state index is 0.920. The van der Waals surface area contributed by atoms with E-state index < -0.39 is 0 Å². The van der Waals surface area contributed by atoms with Gasteiger partial charge in [-0.1, -0.05) is 38.1 Å². The molecule has 2 heteroatoms. The van der Waals surface area contributed by atoms with Crippen LogP contribution in [-0.2, 0) is 6.42 Å². The van der Waals surface area contributed by atoms with Crippen LogP contribution >= 0.6 is 0 Å². The number of likely N-dealkylation sites (N-methyl/N-ethyl adjacent to an activating group) is 1. The average Bonchev–Trinajstić information content (AvgIpc) is 2.47. The highest BCUT2D eigenvalue weighted by atomic mass is 16.5. The number of hydrogen-bond donors (Lipinski definition) is 0. The predicted octanol–water partition coefficient (Wildman–Crippen LogP) is 3.73. The van der Waals surface area contributed by atoms with Gasteiger partial charge < -0.3 is 9.64 Å². The number of benzene rings is 2. The monoisotopic (exact) mass is 257 g/mol. The Balaban J connectivity index is 2.13. The third-order valence-corrected chi connectivity index (χ3v) is 3.72. The van der Waals surface area contributed by atoms with Gasteiger partial charge >= 0.3 is 0 Å². The molecule has 0 aliphatic rings. The Kier molecular flexibility index (Phi) is 4.80. The van der Waals surface area contributed by atoms with E-state index >= 15 is 0 Å². The van der Waals surface area contributed by atoms with Gasteiger partial charge in [-0.25, -0.2) is 0 Å². The topological polar surface area (TPSA) is 12.5 Å². The Labute approximate surface area is 116 Å². The number of hydrogen-bond acceptors (Lipinski definition) is 2. The highest BCUT2D eigenvalue weighted by Crippen LogP contribution is 2.22. The van der Waals surface area contributed by atoms with Gasteiger partial charge in [0.05, 0.1) is 7.11 Å². The van der Waals surface area contributed by atoms with Gasteiger partial charge in [0.1, 0.15) is 5.75 Å². The summed E-state index contributed by atoms with van der Waals surface area (Å²) >= 11 is 0. The summed E-state index contributed by atoms with van der Waals surface area (Å²) in [7, 11) is 1.71. The fourth-order valence-corrected chi connectivity index (χ4v) is 2.38. The van der Waals surface area contributed by atoms with Crippen LogP contribution in [0, 0.1) is 0 Å². The second-order valence-electron chi connectivity index (χ2n) is 4.82. The average molecular weight is 257 g/mol. The van der Waals surface area contributed by atoms with Crippen molar-refractivity contribution in [1.29, 1.82) is 0 Å². The van der Waals surface area contributed by atoms with Gasteiger partial charge in [0.2, 0.25) is 0 Å². The van der Waals surface area contributed by atoms with Crippen molar-refractivity contribution in [2.75, 3.05) is 26.7 Å². The molecule has 19 heavy (non-hydrogen) atoms. The summed E-state index contributed by atoms with van der Waals surface area (Å²) in [5.41, 5.74) is 1.41. The zero-order valence-electron chi connectivity index (χ0n) is 12.1. The number of methoxy groups -OCH3 is 1. The normalized spacial score (nSPS) is 11.2. The standard InChI is InChI=1S/C17H23NO/c1-4-18(5-2)11-10-14-6-7-16-13-17(19-3)9-8-15(16)12-14/h6-9,12-13H,4-5,10-11H2,1-3H3. The molecular formula is C17H23NO. The molecule has 0 saturated carbocycles. The summed E-state index contributed by atoms with van der Waals surface area (Å²) < 4.78 is 5.25. The maximum atomic E-state index is 5.25. The zero-order valence-corrected chi connectivity index (χ0v) is 12.1. The van der Waals surface area contributed by atoms with Crippen LogP contribution in [-0.4, -0.2) is 31.6 Å². The van der Waals surface area contributed by atoms with Gasteiger partial charge in [-0.15, -0.1) is 0 Å². The molecule has 0 saturated heterocycles. The lowest BCUT2D eigenvalue weighted by atomic mass is 10.0. The number of ether oxygens (including phenoxy) is 1. The van der Waals surface area contributed by atoms with E-state index in [9.17, 15) is 0 Å². The largest absolute Gasteiger partial charge is 0.497 e. The molecule has 2 aromatic rings. The zero-order chi connectivity index (χ0) is 13.7. The lowest BCUT2D eigenvalue weighted by Gasteiger charge is -2.17. The van der Waals surface area contributed by atoms with Crippen LogP contribution in [0.15, 0.2) is 36.4 Å². The SMILES string of the molecule is CCN(CC)CCc1ccc2cc(OC)ccc2c1. The highest BCUT2D eigenvalue weighted by Gasteiger charge is 2.02. The number of rotatable bonds is 6. The lowest BCUT2D eigenvalue weighted by Crippen LogP contribution is -2.25. The first-order chi connectivity index (χ1) is 9.26. The second kappa shape index (κ2) is 6.58. The Bertz CT molecular complexity index is 532. The molecule has 0 bridgehead atoms. The third-order valence-electron chi connectivity index (χ3n) is 3.72. The molecule has 0 fully saturated rings. The van der Waals surface area contributed by atoms with Gasteiger partial charge in [-0.3, -0.25) is 0 Å². The van der Waals surface area contributed by atoms with Crippen molar-refractivity contribution >= 4 is 10.8 Å². The second-order valence-corrected chi connectivity index (χ2v) is 4.82. The van der Waals surface area contributed by atoms with E-state index in [-0.39, 0.29) is 0 Å². The third kappa shape index (κ3) is 3.48. The molecule has 0 spiro atoms. The number of nitrogens with zero attached hydrogens (tertiary/aromatic N) is 1. The number of fused-ring (bicyclic) bond motifs is 1. The molecule has 0 atom stereocenters. The molecule has 0 aromatic heterocycles. The van der Waals surface area contributed by atoms with Gasteiger partial charge in [0.25, 0.3) is 0 Å². The van der Waals surface area contributed by atoms with E-state index in [4.69, 9.17) is 4.74 Å². The molecule has 0 aliphatic heterocycles. The summed E-state index contributed by atoms with van der Waals surface area (Å²) in [6.45, 7) is 7.82. The fraction of sp³-hybridized carbons (Fsp3) is 0.412. The van der Waals surface area contributed by atoms with Gasteiger partial charge in [-0.05, 0) is 48.0 Å². The molecule has 0 aliphatic carbocycles. The van der Waals surface area contributed by atoms with Gasteiger partial charge in [-0.2, -0.15) is 0 Å². The molecular weight excluding hydrogens is 234 g/mol. The Hall–Kier alpha value is -1.54. The molecule has 0 N–H and O–H groups in total. The van der Waals surface area contributed by atoms with Crippen LogP contribution in [0.5, 0.6) is 5.75 Å². The van der Waals surface area contributed by atoms with E-state index in [0.29, 0.717) is 0 Å². The van der Waals surface area contributed by atoms with Crippen LogP contribution in [0.2, 0.25) is 0 Å². The van der Waals surface area contributed by atoms with Crippen molar-refractivity contribution in [2.45, 2.75) is 20.3 Å². The van der Waals surface area contributed by atoms with E-state index in [1.54, 1.807) is 7.11 Å². The van der Waals surface area contributed by atoms with E-state index in [1.165, 1.54) is 16.3 Å². The predicted molar refractivity (Wildman–Crippen MR) is 82.0 cm³/mol. The summed E-state index contributed by atoms with van der Waals surface area (Å²) in [5, 5.41) is 2.53. The quantitative estimate of drug-likeness (QED) is 0.781.